The zero-order valence-corrected chi connectivity index (χ0v) is 10.8. The van der Waals surface area contributed by atoms with Crippen molar-refractivity contribution >= 4 is 17.3 Å². The summed E-state index contributed by atoms with van der Waals surface area (Å²) in [7, 11) is 1.61. The molecule has 5 heteroatoms. The lowest BCUT2D eigenvalue weighted by atomic mass is 10.2. The molecule has 0 amide bonds. The number of ether oxygens (including phenoxy) is 1. The van der Waals surface area contributed by atoms with Crippen molar-refractivity contribution in [2.45, 2.75) is 6.04 Å². The largest absolute Gasteiger partial charge is 0.495 e. The minimum Gasteiger partial charge on any atom is -0.495 e. The van der Waals surface area contributed by atoms with Gasteiger partial charge in [0.05, 0.1) is 25.1 Å². The number of nitrogens with one attached hydrogen (secondary N) is 1. The molecule has 0 saturated carbocycles. The Morgan fingerprint density at radius 2 is 2.28 bits per heavy atom. The number of halogens is 1. The Balaban J connectivity index is 2.24. The van der Waals surface area contributed by atoms with Crippen LogP contribution in [0.5, 0.6) is 5.75 Å². The van der Waals surface area contributed by atoms with Gasteiger partial charge in [-0.1, -0.05) is 11.6 Å². The predicted molar refractivity (Wildman–Crippen MR) is 72.1 cm³/mol. The molecule has 96 valence electrons. The van der Waals surface area contributed by atoms with Gasteiger partial charge in [0.1, 0.15) is 11.5 Å². The van der Waals surface area contributed by atoms with Crippen LogP contribution in [0, 0.1) is 0 Å². The third-order valence-electron chi connectivity index (χ3n) is 2.61. The molecule has 1 atom stereocenters. The second-order valence-corrected chi connectivity index (χ2v) is 4.23. The number of nitrogens with two attached hydrogens (primary N) is 1. The molecule has 0 saturated heterocycles. The topological polar surface area (TPSA) is 60.4 Å². The van der Waals surface area contributed by atoms with Gasteiger partial charge in [-0.3, -0.25) is 0 Å². The number of hydrogen-bond donors (Lipinski definition) is 2. The summed E-state index contributed by atoms with van der Waals surface area (Å²) in [6, 6.07) is 8.96. The van der Waals surface area contributed by atoms with Gasteiger partial charge >= 0.3 is 0 Å². The molecule has 0 bridgehead atoms. The van der Waals surface area contributed by atoms with Crippen LogP contribution in [0.4, 0.5) is 5.69 Å². The smallest absolute Gasteiger partial charge is 0.142 e. The average Bonchev–Trinajstić information content (AvgIpc) is 2.90. The third-order valence-corrected chi connectivity index (χ3v) is 2.85. The molecular formula is C13H15ClN2O2. The lowest BCUT2D eigenvalue weighted by Gasteiger charge is -2.18. The summed E-state index contributed by atoms with van der Waals surface area (Å²) < 4.78 is 10.6. The summed E-state index contributed by atoms with van der Waals surface area (Å²) in [6.07, 6.45) is 1.62. The van der Waals surface area contributed by atoms with Crippen LogP contribution >= 0.6 is 11.6 Å². The van der Waals surface area contributed by atoms with E-state index in [0.29, 0.717) is 17.3 Å². The molecule has 1 aromatic heterocycles. The fourth-order valence-electron chi connectivity index (χ4n) is 1.72. The molecule has 0 radical (unpaired) electrons. The Hall–Kier alpha value is -1.65. The molecule has 4 nitrogen and oxygen atoms in total. The van der Waals surface area contributed by atoms with E-state index in [1.807, 2.05) is 12.1 Å². The maximum absolute atomic E-state index is 5.98. The SMILES string of the molecule is COc1ccc(Cl)cc1NC(CN)c1ccco1. The minimum atomic E-state index is -0.118. The van der Waals surface area contributed by atoms with E-state index in [2.05, 4.69) is 5.32 Å². The maximum Gasteiger partial charge on any atom is 0.142 e. The van der Waals surface area contributed by atoms with E-state index in [4.69, 9.17) is 26.5 Å². The second-order valence-electron chi connectivity index (χ2n) is 3.79. The molecule has 18 heavy (non-hydrogen) atoms. The molecule has 2 aromatic rings. The van der Waals surface area contributed by atoms with Crippen molar-refractivity contribution in [2.75, 3.05) is 19.0 Å². The first kappa shape index (κ1) is 12.8. The highest BCUT2D eigenvalue weighted by atomic mass is 35.5. The predicted octanol–water partition coefficient (Wildman–Crippen LogP) is 3.05. The van der Waals surface area contributed by atoms with E-state index in [9.17, 15) is 0 Å². The van der Waals surface area contributed by atoms with Crippen molar-refractivity contribution < 1.29 is 9.15 Å². The molecule has 0 fully saturated rings. The monoisotopic (exact) mass is 266 g/mol. The van der Waals surface area contributed by atoms with Crippen LogP contribution in [0.2, 0.25) is 5.02 Å². The van der Waals surface area contributed by atoms with Crippen molar-refractivity contribution in [1.82, 2.24) is 0 Å². The molecule has 3 N–H and O–H groups in total. The van der Waals surface area contributed by atoms with E-state index in [1.165, 1.54) is 0 Å². The summed E-state index contributed by atoms with van der Waals surface area (Å²) in [5, 5.41) is 3.90. The minimum absolute atomic E-state index is 0.118. The van der Waals surface area contributed by atoms with Crippen LogP contribution in [0.15, 0.2) is 41.0 Å². The quantitative estimate of drug-likeness (QED) is 0.873. The standard InChI is InChI=1S/C13H15ClN2O2/c1-17-12-5-4-9(14)7-10(12)16-11(8-15)13-3-2-6-18-13/h2-7,11,16H,8,15H2,1H3. The van der Waals surface area contributed by atoms with Crippen molar-refractivity contribution in [3.63, 3.8) is 0 Å². The zero-order valence-electron chi connectivity index (χ0n) is 10.0. The van der Waals surface area contributed by atoms with Crippen LogP contribution in [0.25, 0.3) is 0 Å². The summed E-state index contributed by atoms with van der Waals surface area (Å²) in [4.78, 5) is 0. The normalized spacial score (nSPS) is 12.2. The van der Waals surface area contributed by atoms with Gasteiger partial charge in [0, 0.05) is 11.6 Å². The Kier molecular flexibility index (Phi) is 4.12. The summed E-state index contributed by atoms with van der Waals surface area (Å²) in [5.74, 6) is 1.49. The number of rotatable bonds is 5. The van der Waals surface area contributed by atoms with E-state index in [0.717, 1.165) is 11.4 Å². The molecule has 2 rings (SSSR count). The van der Waals surface area contributed by atoms with Crippen molar-refractivity contribution in [3.8, 4) is 5.75 Å². The zero-order chi connectivity index (χ0) is 13.0. The Morgan fingerprint density at radius 1 is 1.44 bits per heavy atom. The van der Waals surface area contributed by atoms with Gasteiger partial charge in [0.15, 0.2) is 0 Å². The first-order valence-corrected chi connectivity index (χ1v) is 5.96. The van der Waals surface area contributed by atoms with Crippen LogP contribution in [-0.4, -0.2) is 13.7 Å². The number of furan rings is 1. The highest BCUT2D eigenvalue weighted by molar-refractivity contribution is 6.30. The molecule has 0 spiro atoms. The maximum atomic E-state index is 5.98. The summed E-state index contributed by atoms with van der Waals surface area (Å²) in [6.45, 7) is 0.406. The lowest BCUT2D eigenvalue weighted by molar-refractivity contribution is 0.415. The third kappa shape index (κ3) is 2.78. The number of anilines is 1. The van der Waals surface area contributed by atoms with Crippen molar-refractivity contribution in [1.29, 1.82) is 0 Å². The Bertz CT molecular complexity index is 500. The highest BCUT2D eigenvalue weighted by Crippen LogP contribution is 2.30. The summed E-state index contributed by atoms with van der Waals surface area (Å²) >= 11 is 5.98. The average molecular weight is 267 g/mol. The van der Waals surface area contributed by atoms with Crippen LogP contribution in [0.1, 0.15) is 11.8 Å². The fraction of sp³-hybridized carbons (Fsp3) is 0.231. The van der Waals surface area contributed by atoms with Crippen molar-refractivity contribution in [2.24, 2.45) is 5.73 Å². The summed E-state index contributed by atoms with van der Waals surface area (Å²) in [5.41, 5.74) is 6.53. The van der Waals surface area contributed by atoms with Gasteiger partial charge in [-0.2, -0.15) is 0 Å². The van der Waals surface area contributed by atoms with E-state index < -0.39 is 0 Å². The number of benzene rings is 1. The molecule has 0 aliphatic carbocycles. The van der Waals surface area contributed by atoms with Gasteiger partial charge in [-0.25, -0.2) is 0 Å². The van der Waals surface area contributed by atoms with Gasteiger partial charge in [0.25, 0.3) is 0 Å². The molecular weight excluding hydrogens is 252 g/mol. The number of methoxy groups -OCH3 is 1. The van der Waals surface area contributed by atoms with E-state index >= 15 is 0 Å². The first-order valence-electron chi connectivity index (χ1n) is 5.58. The van der Waals surface area contributed by atoms with E-state index in [1.54, 1.807) is 31.6 Å². The van der Waals surface area contributed by atoms with Gasteiger partial charge in [-0.05, 0) is 30.3 Å². The molecule has 0 aliphatic heterocycles. The Labute approximate surface area is 111 Å². The first-order chi connectivity index (χ1) is 8.74. The van der Waals surface area contributed by atoms with Crippen LogP contribution < -0.4 is 15.8 Å². The lowest BCUT2D eigenvalue weighted by Crippen LogP contribution is -2.20. The molecule has 0 aliphatic rings. The van der Waals surface area contributed by atoms with Gasteiger partial charge < -0.3 is 20.2 Å². The molecule has 1 unspecified atom stereocenters. The van der Waals surface area contributed by atoms with E-state index in [-0.39, 0.29) is 6.04 Å². The number of hydrogen-bond acceptors (Lipinski definition) is 4. The van der Waals surface area contributed by atoms with Gasteiger partial charge in [0.2, 0.25) is 0 Å². The molecule has 1 aromatic carbocycles. The van der Waals surface area contributed by atoms with Crippen LogP contribution in [-0.2, 0) is 0 Å². The Morgan fingerprint density at radius 3 is 2.89 bits per heavy atom. The highest BCUT2D eigenvalue weighted by Gasteiger charge is 2.14. The van der Waals surface area contributed by atoms with Crippen LogP contribution in [0.3, 0.4) is 0 Å². The molecule has 1 heterocycles. The second kappa shape index (κ2) is 5.80. The fourth-order valence-corrected chi connectivity index (χ4v) is 1.89. The van der Waals surface area contributed by atoms with Gasteiger partial charge in [-0.15, -0.1) is 0 Å². The van der Waals surface area contributed by atoms with Crippen molar-refractivity contribution in [3.05, 3.63) is 47.4 Å².